The van der Waals surface area contributed by atoms with E-state index in [0.29, 0.717) is 0 Å². The molecule has 0 aliphatic heterocycles. The van der Waals surface area contributed by atoms with Gasteiger partial charge in [-0.1, -0.05) is 0 Å². The molecule has 0 unspecified atom stereocenters. The first-order valence-corrected chi connectivity index (χ1v) is 4.01. The average Bonchev–Trinajstić information content (AvgIpc) is 2.37. The van der Waals surface area contributed by atoms with Gasteiger partial charge in [0.15, 0.2) is 0 Å². The number of nitrogens with two attached hydrogens (primary N) is 1. The van der Waals surface area contributed by atoms with E-state index in [2.05, 4.69) is 11.2 Å². The Balaban J connectivity index is 2.27. The summed E-state index contributed by atoms with van der Waals surface area (Å²) in [5.74, 6) is 0. The molecule has 0 saturated carbocycles. The van der Waals surface area contributed by atoms with Crippen LogP contribution < -0.4 is 5.73 Å². The van der Waals surface area contributed by atoms with Crippen molar-refractivity contribution in [1.29, 1.82) is 0 Å². The van der Waals surface area contributed by atoms with Gasteiger partial charge < -0.3 is 5.73 Å². The van der Waals surface area contributed by atoms with E-state index >= 15 is 0 Å². The zero-order valence-corrected chi connectivity index (χ0v) is 6.95. The molecule has 0 atom stereocenters. The molecule has 1 heterocycles. The van der Waals surface area contributed by atoms with E-state index in [4.69, 9.17) is 5.73 Å². The number of aryl methyl sites for hydroxylation is 2. The summed E-state index contributed by atoms with van der Waals surface area (Å²) in [7, 11) is 1.94. The van der Waals surface area contributed by atoms with Gasteiger partial charge in [-0.25, -0.2) is 0 Å². The number of aromatic nitrogens is 2. The molecule has 1 aromatic heterocycles. The number of rotatable bonds is 4. The Labute approximate surface area is 67.2 Å². The van der Waals surface area contributed by atoms with Gasteiger partial charge in [0.1, 0.15) is 0 Å². The van der Waals surface area contributed by atoms with E-state index in [0.717, 1.165) is 25.8 Å². The fraction of sp³-hybridized carbons (Fsp3) is 0.625. The van der Waals surface area contributed by atoms with Crippen LogP contribution in [0.1, 0.15) is 18.5 Å². The van der Waals surface area contributed by atoms with Gasteiger partial charge in [0.25, 0.3) is 0 Å². The van der Waals surface area contributed by atoms with Crippen LogP contribution in [0.2, 0.25) is 0 Å². The molecule has 0 fully saturated rings. The molecule has 0 amide bonds. The molecule has 0 bridgehead atoms. The average molecular weight is 153 g/mol. The van der Waals surface area contributed by atoms with Crippen LogP contribution in [0.25, 0.3) is 0 Å². The quantitative estimate of drug-likeness (QED) is 0.647. The maximum absolute atomic E-state index is 5.37. The summed E-state index contributed by atoms with van der Waals surface area (Å²) < 4.78 is 1.83. The summed E-state index contributed by atoms with van der Waals surface area (Å²) in [6.45, 7) is 0.785. The molecule has 62 valence electrons. The van der Waals surface area contributed by atoms with Gasteiger partial charge in [-0.15, -0.1) is 0 Å². The highest BCUT2D eigenvalue weighted by molar-refractivity contribution is 4.98. The second kappa shape index (κ2) is 4.13. The maximum Gasteiger partial charge on any atom is 0.0624 e. The lowest BCUT2D eigenvalue weighted by atomic mass is 10.2. The minimum Gasteiger partial charge on any atom is -0.330 e. The highest BCUT2D eigenvalue weighted by atomic mass is 15.2. The van der Waals surface area contributed by atoms with E-state index < -0.39 is 0 Å². The van der Waals surface area contributed by atoms with Crippen LogP contribution >= 0.6 is 0 Å². The first kappa shape index (κ1) is 8.27. The van der Waals surface area contributed by atoms with Gasteiger partial charge in [-0.3, -0.25) is 4.68 Å². The van der Waals surface area contributed by atoms with Crippen LogP contribution in [-0.4, -0.2) is 16.3 Å². The Hall–Kier alpha value is -0.830. The molecular formula is C8H15N3. The molecule has 3 nitrogen and oxygen atoms in total. The van der Waals surface area contributed by atoms with Crippen LogP contribution in [0.3, 0.4) is 0 Å². The van der Waals surface area contributed by atoms with Crippen molar-refractivity contribution in [2.24, 2.45) is 12.8 Å². The molecule has 0 aliphatic rings. The Morgan fingerprint density at radius 1 is 1.55 bits per heavy atom. The normalized spacial score (nSPS) is 10.4. The molecule has 3 heteroatoms. The molecule has 0 saturated heterocycles. The summed E-state index contributed by atoms with van der Waals surface area (Å²) in [5, 5.41) is 4.26. The van der Waals surface area contributed by atoms with E-state index in [1.54, 1.807) is 0 Å². The number of nitrogens with zero attached hydrogens (tertiary/aromatic N) is 2. The second-order valence-electron chi connectivity index (χ2n) is 2.73. The minimum atomic E-state index is 0.785. The highest BCUT2D eigenvalue weighted by Gasteiger charge is 1.94. The van der Waals surface area contributed by atoms with Crippen molar-refractivity contribution in [3.05, 3.63) is 18.0 Å². The molecular weight excluding hydrogens is 138 g/mol. The molecule has 0 aromatic carbocycles. The van der Waals surface area contributed by atoms with E-state index in [1.807, 2.05) is 17.9 Å². The zero-order chi connectivity index (χ0) is 8.10. The molecule has 11 heavy (non-hydrogen) atoms. The lowest BCUT2D eigenvalue weighted by Crippen LogP contribution is -1.99. The fourth-order valence-electron chi connectivity index (χ4n) is 1.05. The van der Waals surface area contributed by atoms with E-state index in [-0.39, 0.29) is 0 Å². The molecule has 1 aromatic rings. The monoisotopic (exact) mass is 153 g/mol. The molecule has 0 aliphatic carbocycles. The highest BCUT2D eigenvalue weighted by Crippen LogP contribution is 2.00. The minimum absolute atomic E-state index is 0.785. The lowest BCUT2D eigenvalue weighted by molar-refractivity contribution is 0.697. The Kier molecular flexibility index (Phi) is 3.11. The third-order valence-corrected chi connectivity index (χ3v) is 1.66. The smallest absolute Gasteiger partial charge is 0.0624 e. The van der Waals surface area contributed by atoms with Crippen LogP contribution in [0.15, 0.2) is 12.3 Å². The second-order valence-corrected chi connectivity index (χ2v) is 2.73. The molecule has 0 radical (unpaired) electrons. The van der Waals surface area contributed by atoms with Gasteiger partial charge in [0.2, 0.25) is 0 Å². The van der Waals surface area contributed by atoms with Gasteiger partial charge >= 0.3 is 0 Å². The maximum atomic E-state index is 5.37. The van der Waals surface area contributed by atoms with E-state index in [1.165, 1.54) is 5.69 Å². The van der Waals surface area contributed by atoms with Crippen LogP contribution in [0, 0.1) is 0 Å². The first-order valence-electron chi connectivity index (χ1n) is 4.01. The Morgan fingerprint density at radius 3 is 2.91 bits per heavy atom. The fourth-order valence-corrected chi connectivity index (χ4v) is 1.05. The third-order valence-electron chi connectivity index (χ3n) is 1.66. The van der Waals surface area contributed by atoms with Crippen LogP contribution in [0.4, 0.5) is 0 Å². The summed E-state index contributed by atoms with van der Waals surface area (Å²) >= 11 is 0. The standard InChI is InChI=1S/C8H15N3/c1-11-7-5-8(10-11)4-2-3-6-9/h5,7H,2-4,6,9H2,1H3. The van der Waals surface area contributed by atoms with E-state index in [9.17, 15) is 0 Å². The van der Waals surface area contributed by atoms with Crippen molar-refractivity contribution in [1.82, 2.24) is 9.78 Å². The summed E-state index contributed by atoms with van der Waals surface area (Å²) in [6, 6.07) is 2.05. The number of unbranched alkanes of at least 4 members (excludes halogenated alkanes) is 1. The summed E-state index contributed by atoms with van der Waals surface area (Å²) in [4.78, 5) is 0. The summed E-state index contributed by atoms with van der Waals surface area (Å²) in [6.07, 6.45) is 5.26. The number of hydrogen-bond donors (Lipinski definition) is 1. The molecule has 0 spiro atoms. The lowest BCUT2D eigenvalue weighted by Gasteiger charge is -1.93. The van der Waals surface area contributed by atoms with Gasteiger partial charge in [-0.2, -0.15) is 5.10 Å². The SMILES string of the molecule is Cn1ccc(CCCCN)n1. The zero-order valence-electron chi connectivity index (χ0n) is 6.95. The van der Waals surface area contributed by atoms with Crippen molar-refractivity contribution in [2.45, 2.75) is 19.3 Å². The predicted molar refractivity (Wildman–Crippen MR) is 45.2 cm³/mol. The van der Waals surface area contributed by atoms with Crippen LogP contribution in [-0.2, 0) is 13.5 Å². The number of hydrogen-bond acceptors (Lipinski definition) is 2. The predicted octanol–water partition coefficient (Wildman–Crippen LogP) is 0.701. The molecule has 1 rings (SSSR count). The van der Waals surface area contributed by atoms with Gasteiger partial charge in [0.05, 0.1) is 5.69 Å². The van der Waals surface area contributed by atoms with Crippen molar-refractivity contribution >= 4 is 0 Å². The van der Waals surface area contributed by atoms with Crippen LogP contribution in [0.5, 0.6) is 0 Å². The Morgan fingerprint density at radius 2 is 2.36 bits per heavy atom. The molecule has 2 N–H and O–H groups in total. The van der Waals surface area contributed by atoms with Gasteiger partial charge in [-0.05, 0) is 31.9 Å². The van der Waals surface area contributed by atoms with Crippen molar-refractivity contribution in [3.63, 3.8) is 0 Å². The van der Waals surface area contributed by atoms with Crippen molar-refractivity contribution < 1.29 is 0 Å². The topological polar surface area (TPSA) is 43.8 Å². The Bertz CT molecular complexity index is 205. The largest absolute Gasteiger partial charge is 0.330 e. The van der Waals surface area contributed by atoms with Gasteiger partial charge in [0, 0.05) is 13.2 Å². The third kappa shape index (κ3) is 2.72. The summed E-state index contributed by atoms with van der Waals surface area (Å²) in [5.41, 5.74) is 6.54. The van der Waals surface area contributed by atoms with Crippen molar-refractivity contribution in [3.8, 4) is 0 Å². The van der Waals surface area contributed by atoms with Crippen molar-refractivity contribution in [2.75, 3.05) is 6.54 Å². The first-order chi connectivity index (χ1) is 5.33.